The van der Waals surface area contributed by atoms with Crippen molar-refractivity contribution in [2.24, 2.45) is 0 Å². The first kappa shape index (κ1) is 22.0. The summed E-state index contributed by atoms with van der Waals surface area (Å²) in [5.41, 5.74) is -0.902. The molecular weight excluding hydrogens is 407 g/mol. The Morgan fingerprint density at radius 1 is 1.13 bits per heavy atom. The van der Waals surface area contributed by atoms with Crippen molar-refractivity contribution in [2.45, 2.75) is 50.0 Å². The third-order valence-electron chi connectivity index (χ3n) is 5.79. The maximum absolute atomic E-state index is 14.1. The first-order valence-electron chi connectivity index (χ1n) is 9.60. The molecule has 1 N–H and O–H groups in total. The molecule has 30 heavy (non-hydrogen) atoms. The lowest BCUT2D eigenvalue weighted by atomic mass is 9.78. The van der Waals surface area contributed by atoms with E-state index in [4.69, 9.17) is 0 Å². The van der Waals surface area contributed by atoms with E-state index in [9.17, 15) is 22.4 Å². The second-order valence-corrected chi connectivity index (χ2v) is 9.99. The van der Waals surface area contributed by atoms with Gasteiger partial charge in [-0.15, -0.1) is 0 Å². The van der Waals surface area contributed by atoms with E-state index in [0.29, 0.717) is 18.5 Å². The summed E-state index contributed by atoms with van der Waals surface area (Å²) >= 11 is 0. The van der Waals surface area contributed by atoms with Gasteiger partial charge in [0.2, 0.25) is 5.91 Å². The van der Waals surface area contributed by atoms with Gasteiger partial charge in [0.05, 0.1) is 5.41 Å². The van der Waals surface area contributed by atoms with E-state index < -0.39 is 37.6 Å². The highest BCUT2D eigenvalue weighted by atomic mass is 32.2. The third-order valence-corrected chi connectivity index (χ3v) is 7.13. The Bertz CT molecular complexity index is 1100. The Labute approximate surface area is 176 Å². The van der Waals surface area contributed by atoms with Gasteiger partial charge in [0, 0.05) is 6.54 Å². The van der Waals surface area contributed by atoms with Crippen molar-refractivity contribution in [1.29, 1.82) is 0 Å². The Morgan fingerprint density at radius 2 is 1.77 bits per heavy atom. The predicted octanol–water partition coefficient (Wildman–Crippen LogP) is 2.91. The number of nitrogens with one attached hydrogen (secondary N) is 1. The molecule has 8 heteroatoms. The summed E-state index contributed by atoms with van der Waals surface area (Å²) in [6.07, 6.45) is 0.307. The second kappa shape index (κ2) is 7.50. The van der Waals surface area contributed by atoms with E-state index in [-0.39, 0.29) is 5.91 Å². The van der Waals surface area contributed by atoms with Gasteiger partial charge in [0.15, 0.2) is 0 Å². The zero-order chi connectivity index (χ0) is 22.3. The van der Waals surface area contributed by atoms with Crippen LogP contribution < -0.4 is 4.72 Å². The van der Waals surface area contributed by atoms with E-state index in [0.717, 1.165) is 17.7 Å². The number of carbonyl (C=O) groups excluding carboxylic acids is 2. The van der Waals surface area contributed by atoms with E-state index in [1.54, 1.807) is 20.8 Å². The zero-order valence-corrected chi connectivity index (χ0v) is 18.2. The van der Waals surface area contributed by atoms with Crippen molar-refractivity contribution in [3.05, 3.63) is 65.5 Å². The van der Waals surface area contributed by atoms with Crippen LogP contribution in [-0.2, 0) is 25.0 Å². The third kappa shape index (κ3) is 3.71. The maximum atomic E-state index is 14.1. The smallest absolute Gasteiger partial charge is 0.267 e. The van der Waals surface area contributed by atoms with E-state index in [2.05, 4.69) is 0 Å². The minimum atomic E-state index is -4.42. The standard InChI is InChI=1S/C22H25FN2O4S/c1-15-10-11-17(23)18(14-15)30(28,29)24-19(26)22(4)12-13-25(22)20(27)21(2,3)16-8-6-5-7-9-16/h5-11,14H,12-13H2,1-4H3,(H,24,26). The number of rotatable bonds is 5. The molecule has 0 aliphatic carbocycles. The number of benzene rings is 2. The lowest BCUT2D eigenvalue weighted by Gasteiger charge is -2.51. The SMILES string of the molecule is Cc1ccc(F)c(S(=O)(=O)NC(=O)C2(C)CCN2C(=O)C(C)(C)c2ccccc2)c1. The summed E-state index contributed by atoms with van der Waals surface area (Å²) in [6, 6.07) is 12.8. The van der Waals surface area contributed by atoms with Crippen molar-refractivity contribution in [2.75, 3.05) is 6.54 Å². The molecule has 0 aromatic heterocycles. The fourth-order valence-electron chi connectivity index (χ4n) is 3.54. The Kier molecular flexibility index (Phi) is 5.49. The van der Waals surface area contributed by atoms with Gasteiger partial charge in [-0.3, -0.25) is 9.59 Å². The molecule has 2 aromatic rings. The predicted molar refractivity (Wildman–Crippen MR) is 111 cm³/mol. The molecule has 1 aliphatic rings. The van der Waals surface area contributed by atoms with Crippen LogP contribution in [0.15, 0.2) is 53.4 Å². The monoisotopic (exact) mass is 432 g/mol. The molecule has 0 radical (unpaired) electrons. The summed E-state index contributed by atoms with van der Waals surface area (Å²) in [6.45, 7) is 7.00. The highest BCUT2D eigenvalue weighted by Gasteiger charge is 2.53. The number of hydrogen-bond acceptors (Lipinski definition) is 4. The summed E-state index contributed by atoms with van der Waals surface area (Å²) in [7, 11) is -4.42. The number of amides is 2. The molecule has 160 valence electrons. The van der Waals surface area contributed by atoms with Crippen LogP contribution in [0.3, 0.4) is 0 Å². The number of sulfonamides is 1. The van der Waals surface area contributed by atoms with Crippen molar-refractivity contribution in [3.63, 3.8) is 0 Å². The molecule has 0 spiro atoms. The van der Waals surface area contributed by atoms with E-state index >= 15 is 0 Å². The number of aryl methyl sites for hydroxylation is 1. The molecule has 0 bridgehead atoms. The fraction of sp³-hybridized carbons (Fsp3) is 0.364. The highest BCUT2D eigenvalue weighted by molar-refractivity contribution is 7.90. The van der Waals surface area contributed by atoms with Crippen molar-refractivity contribution >= 4 is 21.8 Å². The lowest BCUT2D eigenvalue weighted by molar-refractivity contribution is -0.160. The average molecular weight is 433 g/mol. The van der Waals surface area contributed by atoms with Gasteiger partial charge >= 0.3 is 0 Å². The molecular formula is C22H25FN2O4S. The van der Waals surface area contributed by atoms with Crippen LogP contribution in [0.25, 0.3) is 0 Å². The number of nitrogens with zero attached hydrogens (tertiary/aromatic N) is 1. The van der Waals surface area contributed by atoms with E-state index in [1.807, 2.05) is 35.1 Å². The largest absolute Gasteiger partial charge is 0.327 e. The summed E-state index contributed by atoms with van der Waals surface area (Å²) in [5, 5.41) is 0. The minimum Gasteiger partial charge on any atom is -0.327 e. The summed E-state index contributed by atoms with van der Waals surface area (Å²) in [5.74, 6) is -2.08. The number of hydrogen-bond donors (Lipinski definition) is 1. The Morgan fingerprint density at radius 3 is 2.33 bits per heavy atom. The van der Waals surface area contributed by atoms with Crippen LogP contribution in [0, 0.1) is 12.7 Å². The molecule has 3 rings (SSSR count). The summed E-state index contributed by atoms with van der Waals surface area (Å²) < 4.78 is 41.3. The first-order valence-corrected chi connectivity index (χ1v) is 11.1. The molecule has 1 atom stereocenters. The second-order valence-electron chi connectivity index (χ2n) is 8.34. The van der Waals surface area contributed by atoms with Gasteiger partial charge in [-0.05, 0) is 57.4 Å². The van der Waals surface area contributed by atoms with Crippen molar-refractivity contribution in [1.82, 2.24) is 9.62 Å². The molecule has 1 heterocycles. The van der Waals surface area contributed by atoms with Gasteiger partial charge in [-0.25, -0.2) is 17.5 Å². The van der Waals surface area contributed by atoms with Gasteiger partial charge in [-0.1, -0.05) is 36.4 Å². The normalized spacial score (nSPS) is 19.2. The van der Waals surface area contributed by atoms with Crippen LogP contribution in [0.4, 0.5) is 4.39 Å². The van der Waals surface area contributed by atoms with Crippen LogP contribution in [0.1, 0.15) is 38.3 Å². The van der Waals surface area contributed by atoms with Crippen molar-refractivity contribution in [3.8, 4) is 0 Å². The van der Waals surface area contributed by atoms with Gasteiger partial charge in [0.25, 0.3) is 15.9 Å². The zero-order valence-electron chi connectivity index (χ0n) is 17.4. The molecule has 6 nitrogen and oxygen atoms in total. The van der Waals surface area contributed by atoms with Gasteiger partial charge in [-0.2, -0.15) is 0 Å². The highest BCUT2D eigenvalue weighted by Crippen LogP contribution is 2.37. The lowest BCUT2D eigenvalue weighted by Crippen LogP contribution is -2.70. The number of likely N-dealkylation sites (tertiary alicyclic amines) is 1. The maximum Gasteiger partial charge on any atom is 0.267 e. The van der Waals surface area contributed by atoms with E-state index in [1.165, 1.54) is 17.9 Å². The van der Waals surface area contributed by atoms with Crippen LogP contribution in [0.5, 0.6) is 0 Å². The number of halogens is 1. The van der Waals surface area contributed by atoms with Crippen LogP contribution in [-0.4, -0.2) is 37.2 Å². The molecule has 1 unspecified atom stereocenters. The van der Waals surface area contributed by atoms with Gasteiger partial charge in [0.1, 0.15) is 16.3 Å². The van der Waals surface area contributed by atoms with Crippen LogP contribution in [0.2, 0.25) is 0 Å². The summed E-state index contributed by atoms with van der Waals surface area (Å²) in [4.78, 5) is 26.9. The molecule has 0 saturated carbocycles. The van der Waals surface area contributed by atoms with Crippen molar-refractivity contribution < 1.29 is 22.4 Å². The minimum absolute atomic E-state index is 0.281. The first-order chi connectivity index (χ1) is 13.9. The average Bonchev–Trinajstić information content (AvgIpc) is 2.68. The molecule has 2 amide bonds. The number of carbonyl (C=O) groups is 2. The molecule has 2 aromatic carbocycles. The van der Waals surface area contributed by atoms with Crippen LogP contribution >= 0.6 is 0 Å². The fourth-order valence-corrected chi connectivity index (χ4v) is 4.78. The Balaban J connectivity index is 1.84. The molecule has 1 aliphatic heterocycles. The molecule has 1 saturated heterocycles. The Hall–Kier alpha value is -2.74. The van der Waals surface area contributed by atoms with Gasteiger partial charge < -0.3 is 4.90 Å². The molecule has 1 fully saturated rings. The quantitative estimate of drug-likeness (QED) is 0.788. The topological polar surface area (TPSA) is 83.6 Å².